The Morgan fingerprint density at radius 3 is 2.60 bits per heavy atom. The van der Waals surface area contributed by atoms with Crippen LogP contribution in [0.25, 0.3) is 10.9 Å². The lowest BCUT2D eigenvalue weighted by Gasteiger charge is -2.29. The van der Waals surface area contributed by atoms with Gasteiger partial charge in [-0.3, -0.25) is 4.79 Å². The average molecular weight is 417 g/mol. The molecule has 8 heteroatoms. The van der Waals surface area contributed by atoms with E-state index in [1.807, 2.05) is 25.7 Å². The molecule has 0 bridgehead atoms. The molecule has 4 rings (SSSR count). The topological polar surface area (TPSA) is 97.8 Å². The Kier molecular flexibility index (Phi) is 5.00. The molecule has 0 amide bonds. The van der Waals surface area contributed by atoms with Crippen LogP contribution in [-0.4, -0.2) is 40.9 Å². The number of halogens is 1. The molecule has 1 aromatic heterocycles. The van der Waals surface area contributed by atoms with Gasteiger partial charge in [0.05, 0.1) is 17.5 Å². The minimum Gasteiger partial charge on any atom is -0.489 e. The second-order valence-electron chi connectivity index (χ2n) is 8.93. The van der Waals surface area contributed by atoms with E-state index in [-0.39, 0.29) is 28.4 Å². The first kappa shape index (κ1) is 20.7. The molecule has 0 radical (unpaired) electrons. The highest BCUT2D eigenvalue weighted by atomic mass is 19.1. The Hall–Kier alpha value is -2.61. The van der Waals surface area contributed by atoms with E-state index in [0.29, 0.717) is 36.6 Å². The van der Waals surface area contributed by atoms with Crippen LogP contribution < -0.4 is 20.8 Å². The molecular formula is C22H28FN3O4. The monoisotopic (exact) mass is 417 g/mol. The van der Waals surface area contributed by atoms with Crippen molar-refractivity contribution >= 4 is 22.6 Å². The van der Waals surface area contributed by atoms with Crippen LogP contribution in [0.5, 0.6) is 5.75 Å². The van der Waals surface area contributed by atoms with Crippen molar-refractivity contribution in [3.05, 3.63) is 33.9 Å². The summed E-state index contributed by atoms with van der Waals surface area (Å²) in [5, 5.41) is 9.51. The number of nitrogens with zero attached hydrogens (tertiary/aromatic N) is 2. The summed E-state index contributed by atoms with van der Waals surface area (Å²) in [7, 11) is 0. The molecule has 0 unspecified atom stereocenters. The minimum absolute atomic E-state index is 0.0430. The van der Waals surface area contributed by atoms with Gasteiger partial charge < -0.3 is 25.0 Å². The summed E-state index contributed by atoms with van der Waals surface area (Å²) in [5.74, 6) is -1.39. The van der Waals surface area contributed by atoms with E-state index in [4.69, 9.17) is 10.5 Å². The van der Waals surface area contributed by atoms with Gasteiger partial charge in [0.25, 0.3) is 0 Å². The highest BCUT2D eigenvalue weighted by Gasteiger charge is 2.36. The predicted molar refractivity (Wildman–Crippen MR) is 113 cm³/mol. The summed E-state index contributed by atoms with van der Waals surface area (Å²) in [5.41, 5.74) is 5.66. The maximum atomic E-state index is 15.4. The van der Waals surface area contributed by atoms with Crippen molar-refractivity contribution in [1.82, 2.24) is 4.57 Å². The fraction of sp³-hybridized carbons (Fsp3) is 0.545. The van der Waals surface area contributed by atoms with E-state index in [0.717, 1.165) is 19.3 Å². The van der Waals surface area contributed by atoms with Gasteiger partial charge in [0, 0.05) is 30.9 Å². The summed E-state index contributed by atoms with van der Waals surface area (Å²) >= 11 is 0. The number of nitrogens with two attached hydrogens (primary N) is 1. The first-order valence-corrected chi connectivity index (χ1v) is 10.4. The van der Waals surface area contributed by atoms with Crippen LogP contribution in [0.3, 0.4) is 0 Å². The Labute approximate surface area is 174 Å². The van der Waals surface area contributed by atoms with Crippen LogP contribution in [0.4, 0.5) is 10.1 Å². The summed E-state index contributed by atoms with van der Waals surface area (Å²) in [4.78, 5) is 26.4. The van der Waals surface area contributed by atoms with Gasteiger partial charge in [-0.05, 0) is 52.0 Å². The number of carbonyl (C=O) groups is 1. The van der Waals surface area contributed by atoms with E-state index < -0.39 is 17.2 Å². The number of carboxylic acid groups (broad SMARTS) is 1. The smallest absolute Gasteiger partial charge is 0.341 e. The molecule has 3 N–H and O–H groups in total. The first-order chi connectivity index (χ1) is 14.1. The van der Waals surface area contributed by atoms with Crippen molar-refractivity contribution in [3.8, 4) is 5.75 Å². The average Bonchev–Trinajstić information content (AvgIpc) is 3.37. The van der Waals surface area contributed by atoms with E-state index in [9.17, 15) is 14.7 Å². The summed E-state index contributed by atoms with van der Waals surface area (Å²) < 4.78 is 23.1. The Morgan fingerprint density at radius 2 is 2.07 bits per heavy atom. The number of anilines is 1. The third-order valence-electron chi connectivity index (χ3n) is 6.21. The van der Waals surface area contributed by atoms with E-state index in [1.165, 1.54) is 12.3 Å². The van der Waals surface area contributed by atoms with Crippen molar-refractivity contribution in [2.24, 2.45) is 11.7 Å². The summed E-state index contributed by atoms with van der Waals surface area (Å²) in [6.07, 6.45) is 3.97. The van der Waals surface area contributed by atoms with Gasteiger partial charge in [-0.2, -0.15) is 0 Å². The largest absolute Gasteiger partial charge is 0.489 e. The Morgan fingerprint density at radius 1 is 1.37 bits per heavy atom. The maximum Gasteiger partial charge on any atom is 0.341 e. The molecule has 1 aliphatic heterocycles. The number of aromatic nitrogens is 1. The van der Waals surface area contributed by atoms with Gasteiger partial charge in [-0.15, -0.1) is 0 Å². The standard InChI is InChI=1S/C22H28FN3O4/c1-4-30-20-17-14(19(27)15(21(28)29)11-26(17)13-5-6-13)9-16(23)18(20)25-8-7-12(10-25)22(2,3)24/h9,11-13H,4-8,10,24H2,1-3H3,(H,28,29)/t12-/m1/s1. The van der Waals surface area contributed by atoms with Crippen LogP contribution >= 0.6 is 0 Å². The van der Waals surface area contributed by atoms with Gasteiger partial charge in [0.1, 0.15) is 11.3 Å². The number of hydrogen-bond acceptors (Lipinski definition) is 5. The highest BCUT2D eigenvalue weighted by molar-refractivity contribution is 5.97. The molecule has 30 heavy (non-hydrogen) atoms. The zero-order valence-electron chi connectivity index (χ0n) is 17.6. The van der Waals surface area contributed by atoms with Gasteiger partial charge in [-0.25, -0.2) is 9.18 Å². The molecule has 2 fully saturated rings. The van der Waals surface area contributed by atoms with E-state index in [1.54, 1.807) is 4.57 Å². The number of hydrogen-bond donors (Lipinski definition) is 2. The second-order valence-corrected chi connectivity index (χ2v) is 8.93. The van der Waals surface area contributed by atoms with Crippen LogP contribution in [0.2, 0.25) is 0 Å². The fourth-order valence-electron chi connectivity index (χ4n) is 4.38. The second kappa shape index (κ2) is 7.27. The lowest BCUT2D eigenvalue weighted by Crippen LogP contribution is -2.42. The van der Waals surface area contributed by atoms with Crippen LogP contribution in [0, 0.1) is 11.7 Å². The van der Waals surface area contributed by atoms with Crippen LogP contribution in [0.15, 0.2) is 17.1 Å². The molecule has 1 aliphatic carbocycles. The molecule has 1 saturated carbocycles. The van der Waals surface area contributed by atoms with E-state index in [2.05, 4.69) is 0 Å². The molecule has 1 aromatic carbocycles. The Bertz CT molecular complexity index is 1070. The van der Waals surface area contributed by atoms with Gasteiger partial charge >= 0.3 is 5.97 Å². The normalized spacial score (nSPS) is 19.5. The van der Waals surface area contributed by atoms with Crippen LogP contribution in [-0.2, 0) is 0 Å². The number of pyridine rings is 1. The van der Waals surface area contributed by atoms with Gasteiger partial charge in [0.15, 0.2) is 11.6 Å². The zero-order valence-corrected chi connectivity index (χ0v) is 17.6. The van der Waals surface area contributed by atoms with Crippen LogP contribution in [0.1, 0.15) is 56.4 Å². The van der Waals surface area contributed by atoms with Crippen molar-refractivity contribution in [3.63, 3.8) is 0 Å². The lowest BCUT2D eigenvalue weighted by atomic mass is 9.88. The molecule has 1 saturated heterocycles. The lowest BCUT2D eigenvalue weighted by molar-refractivity contribution is 0.0694. The third kappa shape index (κ3) is 3.43. The summed E-state index contributed by atoms with van der Waals surface area (Å²) in [6, 6.07) is 1.25. The molecule has 2 heterocycles. The first-order valence-electron chi connectivity index (χ1n) is 10.4. The number of ether oxygens (including phenoxy) is 1. The zero-order chi connectivity index (χ0) is 21.8. The van der Waals surface area contributed by atoms with Gasteiger partial charge in [0.2, 0.25) is 5.43 Å². The Balaban J connectivity index is 1.97. The minimum atomic E-state index is -1.31. The third-order valence-corrected chi connectivity index (χ3v) is 6.21. The fourth-order valence-corrected chi connectivity index (χ4v) is 4.38. The predicted octanol–water partition coefficient (Wildman–Crippen LogP) is 3.14. The quantitative estimate of drug-likeness (QED) is 0.749. The molecule has 1 atom stereocenters. The van der Waals surface area contributed by atoms with Crippen molar-refractivity contribution < 1.29 is 19.0 Å². The van der Waals surface area contributed by atoms with Crippen molar-refractivity contribution in [2.45, 2.75) is 51.6 Å². The molecule has 2 aliphatic rings. The molecule has 0 spiro atoms. The highest BCUT2D eigenvalue weighted by Crippen LogP contribution is 2.45. The molecule has 2 aromatic rings. The van der Waals surface area contributed by atoms with E-state index >= 15 is 4.39 Å². The van der Waals surface area contributed by atoms with Crippen molar-refractivity contribution in [2.75, 3.05) is 24.6 Å². The van der Waals surface area contributed by atoms with Crippen molar-refractivity contribution in [1.29, 1.82) is 0 Å². The number of rotatable bonds is 6. The number of carboxylic acids is 1. The molecule has 162 valence electrons. The maximum absolute atomic E-state index is 15.4. The molecule has 7 nitrogen and oxygen atoms in total. The summed E-state index contributed by atoms with van der Waals surface area (Å²) in [6.45, 7) is 7.27. The number of benzene rings is 1. The number of aromatic carboxylic acids is 1. The number of fused-ring (bicyclic) bond motifs is 1. The van der Waals surface area contributed by atoms with Gasteiger partial charge in [-0.1, -0.05) is 0 Å². The molecular weight excluding hydrogens is 389 g/mol. The SMILES string of the molecule is CCOc1c(N2CC[C@@H](C(C)(C)N)C2)c(F)cc2c(=O)c(C(=O)O)cn(C3CC3)c12.